The highest BCUT2D eigenvalue weighted by molar-refractivity contribution is 9.10. The first-order chi connectivity index (χ1) is 9.67. The van der Waals surface area contributed by atoms with E-state index in [0.717, 1.165) is 21.7 Å². The van der Waals surface area contributed by atoms with E-state index in [0.29, 0.717) is 0 Å². The van der Waals surface area contributed by atoms with Crippen LogP contribution in [-0.4, -0.2) is 11.8 Å². The number of thioether (sulfide) groups is 1. The lowest BCUT2D eigenvalue weighted by atomic mass is 10.1. The van der Waals surface area contributed by atoms with Crippen molar-refractivity contribution in [2.24, 2.45) is 5.84 Å². The van der Waals surface area contributed by atoms with E-state index in [-0.39, 0.29) is 6.04 Å². The minimum Gasteiger partial charge on any atom is -0.271 e. The van der Waals surface area contributed by atoms with E-state index in [1.165, 1.54) is 10.5 Å². The molecule has 0 saturated heterocycles. The first kappa shape index (κ1) is 15.9. The Kier molecular flexibility index (Phi) is 6.39. The second-order valence-corrected chi connectivity index (χ2v) is 6.91. The van der Waals surface area contributed by atoms with Gasteiger partial charge in [0.25, 0.3) is 0 Å². The Labute approximate surface area is 137 Å². The van der Waals surface area contributed by atoms with Crippen molar-refractivity contribution in [3.05, 3.63) is 63.6 Å². The minimum absolute atomic E-state index is 0.222. The molecule has 1 atom stereocenters. The third-order valence-corrected chi connectivity index (χ3v) is 4.78. The van der Waals surface area contributed by atoms with Crippen LogP contribution < -0.4 is 11.3 Å². The van der Waals surface area contributed by atoms with Crippen LogP contribution >= 0.6 is 39.3 Å². The number of nitrogens with two attached hydrogens (primary N) is 1. The summed E-state index contributed by atoms with van der Waals surface area (Å²) in [5.41, 5.74) is 4.11. The SMILES string of the molecule is NNC(CSc1cccc(Br)c1)Cc1ccc(Cl)cc1. The Morgan fingerprint density at radius 2 is 1.95 bits per heavy atom. The van der Waals surface area contributed by atoms with Gasteiger partial charge in [-0.15, -0.1) is 11.8 Å². The maximum absolute atomic E-state index is 5.89. The van der Waals surface area contributed by atoms with E-state index in [9.17, 15) is 0 Å². The number of hydrogen-bond donors (Lipinski definition) is 2. The Hall–Kier alpha value is -0.520. The Balaban J connectivity index is 1.90. The third kappa shape index (κ3) is 5.11. The van der Waals surface area contributed by atoms with Crippen molar-refractivity contribution in [3.63, 3.8) is 0 Å². The fraction of sp³-hybridized carbons (Fsp3) is 0.200. The molecule has 0 aliphatic carbocycles. The minimum atomic E-state index is 0.222. The van der Waals surface area contributed by atoms with Crippen LogP contribution in [0.2, 0.25) is 5.02 Å². The lowest BCUT2D eigenvalue weighted by molar-refractivity contribution is 0.575. The van der Waals surface area contributed by atoms with E-state index in [1.807, 2.05) is 36.4 Å². The molecule has 2 rings (SSSR count). The predicted octanol–water partition coefficient (Wildman–Crippen LogP) is 4.27. The molecule has 0 aliphatic heterocycles. The Morgan fingerprint density at radius 3 is 2.60 bits per heavy atom. The maximum atomic E-state index is 5.89. The highest BCUT2D eigenvalue weighted by Gasteiger charge is 2.09. The smallest absolute Gasteiger partial charge is 0.0406 e. The summed E-state index contributed by atoms with van der Waals surface area (Å²) in [4.78, 5) is 1.23. The van der Waals surface area contributed by atoms with Gasteiger partial charge in [0.2, 0.25) is 0 Å². The van der Waals surface area contributed by atoms with Crippen LogP contribution in [0.1, 0.15) is 5.56 Å². The van der Waals surface area contributed by atoms with Gasteiger partial charge >= 0.3 is 0 Å². The molecule has 0 saturated carbocycles. The zero-order valence-corrected chi connectivity index (χ0v) is 14.0. The molecule has 0 spiro atoms. The molecular weight excluding hydrogens is 356 g/mol. The van der Waals surface area contributed by atoms with E-state index >= 15 is 0 Å². The summed E-state index contributed by atoms with van der Waals surface area (Å²) in [7, 11) is 0. The molecule has 0 bridgehead atoms. The number of hydrazine groups is 1. The van der Waals surface area contributed by atoms with Gasteiger partial charge in [-0.1, -0.05) is 45.7 Å². The molecule has 0 amide bonds. The molecule has 106 valence electrons. The van der Waals surface area contributed by atoms with E-state index in [1.54, 1.807) is 11.8 Å². The van der Waals surface area contributed by atoms with E-state index in [4.69, 9.17) is 17.4 Å². The van der Waals surface area contributed by atoms with Crippen molar-refractivity contribution >= 4 is 39.3 Å². The van der Waals surface area contributed by atoms with Crippen LogP contribution in [0.15, 0.2) is 57.9 Å². The largest absolute Gasteiger partial charge is 0.271 e. The molecular formula is C15H16BrClN2S. The average molecular weight is 372 g/mol. The van der Waals surface area contributed by atoms with Crippen molar-refractivity contribution in [1.29, 1.82) is 0 Å². The predicted molar refractivity (Wildman–Crippen MR) is 91.1 cm³/mol. The number of benzene rings is 2. The molecule has 2 aromatic rings. The molecule has 1 unspecified atom stereocenters. The summed E-state index contributed by atoms with van der Waals surface area (Å²) in [6, 6.07) is 16.4. The summed E-state index contributed by atoms with van der Waals surface area (Å²) < 4.78 is 1.09. The van der Waals surface area contributed by atoms with Crippen molar-refractivity contribution in [1.82, 2.24) is 5.43 Å². The highest BCUT2D eigenvalue weighted by atomic mass is 79.9. The topological polar surface area (TPSA) is 38.0 Å². The van der Waals surface area contributed by atoms with Crippen LogP contribution in [0.3, 0.4) is 0 Å². The summed E-state index contributed by atoms with van der Waals surface area (Å²) >= 11 is 11.2. The number of halogens is 2. The van der Waals surface area contributed by atoms with Crippen LogP contribution in [-0.2, 0) is 6.42 Å². The van der Waals surface area contributed by atoms with Crippen molar-refractivity contribution in [2.75, 3.05) is 5.75 Å². The standard InChI is InChI=1S/C15H16BrClN2S/c16-12-2-1-3-15(9-12)20-10-14(19-18)8-11-4-6-13(17)7-5-11/h1-7,9,14,19H,8,10,18H2. The first-order valence-corrected chi connectivity index (χ1v) is 8.42. The third-order valence-electron chi connectivity index (χ3n) is 2.88. The molecule has 0 radical (unpaired) electrons. The van der Waals surface area contributed by atoms with Gasteiger partial charge in [0.1, 0.15) is 0 Å². The summed E-state index contributed by atoms with van der Waals surface area (Å²) in [6.45, 7) is 0. The maximum Gasteiger partial charge on any atom is 0.0406 e. The number of rotatable bonds is 6. The Bertz CT molecular complexity index is 548. The summed E-state index contributed by atoms with van der Waals surface area (Å²) in [5.74, 6) is 6.56. The molecule has 20 heavy (non-hydrogen) atoms. The van der Waals surface area contributed by atoms with Crippen molar-refractivity contribution < 1.29 is 0 Å². The summed E-state index contributed by atoms with van der Waals surface area (Å²) in [6.07, 6.45) is 0.884. The normalized spacial score (nSPS) is 12.3. The van der Waals surface area contributed by atoms with Gasteiger partial charge in [-0.2, -0.15) is 0 Å². The fourth-order valence-electron chi connectivity index (χ4n) is 1.82. The van der Waals surface area contributed by atoms with Crippen LogP contribution in [0.4, 0.5) is 0 Å². The molecule has 0 aliphatic rings. The van der Waals surface area contributed by atoms with E-state index in [2.05, 4.69) is 33.5 Å². The van der Waals surface area contributed by atoms with Gasteiger partial charge in [-0.3, -0.25) is 11.3 Å². The zero-order chi connectivity index (χ0) is 14.4. The number of hydrogen-bond acceptors (Lipinski definition) is 3. The Morgan fingerprint density at radius 1 is 1.20 bits per heavy atom. The molecule has 0 heterocycles. The van der Waals surface area contributed by atoms with Gasteiger partial charge in [0.05, 0.1) is 0 Å². The van der Waals surface area contributed by atoms with Gasteiger partial charge in [-0.25, -0.2) is 0 Å². The summed E-state index contributed by atoms with van der Waals surface area (Å²) in [5, 5.41) is 0.759. The van der Waals surface area contributed by atoms with Crippen LogP contribution in [0.5, 0.6) is 0 Å². The second-order valence-electron chi connectivity index (χ2n) is 4.46. The molecule has 0 fully saturated rings. The van der Waals surface area contributed by atoms with Crippen LogP contribution in [0, 0.1) is 0 Å². The van der Waals surface area contributed by atoms with Gasteiger partial charge in [-0.05, 0) is 42.3 Å². The molecule has 0 aromatic heterocycles. The molecule has 2 nitrogen and oxygen atoms in total. The van der Waals surface area contributed by atoms with Gasteiger partial charge in [0, 0.05) is 26.2 Å². The molecule has 3 N–H and O–H groups in total. The fourth-order valence-corrected chi connectivity index (χ4v) is 3.49. The lowest BCUT2D eigenvalue weighted by Gasteiger charge is -2.15. The molecule has 2 aromatic carbocycles. The average Bonchev–Trinajstić information content (AvgIpc) is 2.45. The highest BCUT2D eigenvalue weighted by Crippen LogP contribution is 2.23. The van der Waals surface area contributed by atoms with Crippen molar-refractivity contribution in [2.45, 2.75) is 17.4 Å². The molecule has 5 heteroatoms. The second kappa shape index (κ2) is 8.05. The van der Waals surface area contributed by atoms with Crippen molar-refractivity contribution in [3.8, 4) is 0 Å². The van der Waals surface area contributed by atoms with E-state index < -0.39 is 0 Å². The van der Waals surface area contributed by atoms with Crippen LogP contribution in [0.25, 0.3) is 0 Å². The van der Waals surface area contributed by atoms with Gasteiger partial charge in [0.15, 0.2) is 0 Å². The lowest BCUT2D eigenvalue weighted by Crippen LogP contribution is -2.38. The quantitative estimate of drug-likeness (QED) is 0.452. The number of nitrogens with one attached hydrogen (secondary N) is 1. The van der Waals surface area contributed by atoms with Gasteiger partial charge < -0.3 is 0 Å². The monoisotopic (exact) mass is 370 g/mol. The zero-order valence-electron chi connectivity index (χ0n) is 10.9. The first-order valence-electron chi connectivity index (χ1n) is 6.26.